The third-order valence-electron chi connectivity index (χ3n) is 3.14. The Kier molecular flexibility index (Phi) is 7.37. The van der Waals surface area contributed by atoms with Crippen LogP contribution in [0.1, 0.15) is 6.42 Å². The van der Waals surface area contributed by atoms with Crippen molar-refractivity contribution in [2.75, 3.05) is 25.6 Å². The minimum absolute atomic E-state index is 0.0965. The fraction of sp³-hybridized carbons (Fsp3) is 0.357. The molecule has 2 N–H and O–H groups in total. The Labute approximate surface area is 161 Å². The van der Waals surface area contributed by atoms with Crippen molar-refractivity contribution in [3.8, 4) is 0 Å². The number of amidine groups is 1. The summed E-state index contributed by atoms with van der Waals surface area (Å²) in [4.78, 5) is 4.08. The molecule has 0 amide bonds. The van der Waals surface area contributed by atoms with E-state index in [1.165, 1.54) is 13.1 Å². The van der Waals surface area contributed by atoms with Gasteiger partial charge in [-0.2, -0.15) is 0 Å². The van der Waals surface area contributed by atoms with Gasteiger partial charge in [-0.3, -0.25) is 10.4 Å². The van der Waals surface area contributed by atoms with Crippen LogP contribution in [-0.4, -0.2) is 43.8 Å². The lowest BCUT2D eigenvalue weighted by atomic mass is 10.2. The van der Waals surface area contributed by atoms with E-state index in [1.807, 2.05) is 0 Å². The van der Waals surface area contributed by atoms with E-state index < -0.39 is 0 Å². The molecule has 1 heterocycles. The molecule has 24 heavy (non-hydrogen) atoms. The number of aliphatic imine (C=N–C) groups is 1. The molecule has 1 unspecified atom stereocenters. The highest BCUT2D eigenvalue weighted by atomic mass is 127. The molecule has 0 saturated carbocycles. The molecule has 1 saturated heterocycles. The van der Waals surface area contributed by atoms with Crippen molar-refractivity contribution in [1.29, 1.82) is 5.41 Å². The van der Waals surface area contributed by atoms with Gasteiger partial charge in [0.15, 0.2) is 5.84 Å². The van der Waals surface area contributed by atoms with Gasteiger partial charge in [0.1, 0.15) is 11.9 Å². The number of hydrogen-bond donors (Lipinski definition) is 2. The molecule has 1 aliphatic heterocycles. The molecule has 1 fully saturated rings. The lowest BCUT2D eigenvalue weighted by Gasteiger charge is -2.16. The van der Waals surface area contributed by atoms with Gasteiger partial charge in [-0.25, -0.2) is 4.39 Å². The second-order valence-corrected chi connectivity index (χ2v) is 6.02. The average molecular weight is 513 g/mol. The molecule has 7 nitrogen and oxygen atoms in total. The summed E-state index contributed by atoms with van der Waals surface area (Å²) in [7, 11) is 1.54. The molecule has 130 valence electrons. The SMILES string of the molecule is CN=C(Nc1ccc(F)c(Br)c1)/C(=N/OI)C(=N)OC1CCOC1. The predicted octanol–water partition coefficient (Wildman–Crippen LogP) is 3.53. The fourth-order valence-electron chi connectivity index (χ4n) is 1.99. The first kappa shape index (κ1) is 19.1. The van der Waals surface area contributed by atoms with Crippen LogP contribution in [0.25, 0.3) is 0 Å². The van der Waals surface area contributed by atoms with Gasteiger partial charge >= 0.3 is 0 Å². The fourth-order valence-corrected chi connectivity index (χ4v) is 2.56. The molecule has 0 bridgehead atoms. The van der Waals surface area contributed by atoms with Crippen molar-refractivity contribution in [1.82, 2.24) is 0 Å². The standard InChI is InChI=1S/C14H15BrFIN4O3/c1-19-14(20-8-2-3-11(16)10(15)6-8)12(21-24-17)13(18)23-9-4-5-22-7-9/h2-3,6,9,18H,4-5,7H2,1H3,(H,19,20)/b18-13?,21-12+. The number of nitrogens with one attached hydrogen (secondary N) is 2. The van der Waals surface area contributed by atoms with Crippen molar-refractivity contribution in [3.05, 3.63) is 28.5 Å². The number of nitrogens with zero attached hydrogens (tertiary/aromatic N) is 2. The second kappa shape index (κ2) is 9.28. The van der Waals surface area contributed by atoms with Gasteiger partial charge in [-0.1, -0.05) is 5.16 Å². The molecule has 1 atom stereocenters. The van der Waals surface area contributed by atoms with Crippen LogP contribution in [0.15, 0.2) is 32.8 Å². The third-order valence-corrected chi connectivity index (χ3v) is 3.95. The summed E-state index contributed by atoms with van der Waals surface area (Å²) < 4.78 is 29.2. The third kappa shape index (κ3) is 5.11. The molecule has 1 aromatic carbocycles. The lowest BCUT2D eigenvalue weighted by molar-refractivity contribution is 0.136. The summed E-state index contributed by atoms with van der Waals surface area (Å²) in [5.74, 6) is -0.303. The van der Waals surface area contributed by atoms with Gasteiger partial charge in [-0.05, 0) is 34.1 Å². The number of hydrogen-bond acceptors (Lipinski definition) is 6. The first-order valence-corrected chi connectivity index (χ1v) is 8.60. The Morgan fingerprint density at radius 1 is 1.54 bits per heavy atom. The van der Waals surface area contributed by atoms with Gasteiger partial charge in [0.2, 0.25) is 34.6 Å². The lowest BCUT2D eigenvalue weighted by Crippen LogP contribution is -2.34. The van der Waals surface area contributed by atoms with E-state index in [-0.39, 0.29) is 29.4 Å². The summed E-state index contributed by atoms with van der Waals surface area (Å²) >= 11 is 4.71. The van der Waals surface area contributed by atoms with Crippen LogP contribution in [0.3, 0.4) is 0 Å². The van der Waals surface area contributed by atoms with Crippen molar-refractivity contribution in [2.45, 2.75) is 12.5 Å². The largest absolute Gasteiger partial charge is 0.470 e. The zero-order valence-corrected chi connectivity index (χ0v) is 16.4. The Morgan fingerprint density at radius 2 is 2.33 bits per heavy atom. The van der Waals surface area contributed by atoms with E-state index in [1.54, 1.807) is 35.1 Å². The second-order valence-electron chi connectivity index (χ2n) is 4.77. The number of oxime groups is 1. The molecule has 2 rings (SSSR count). The maximum absolute atomic E-state index is 13.3. The van der Waals surface area contributed by atoms with Crippen molar-refractivity contribution >= 4 is 62.1 Å². The zero-order chi connectivity index (χ0) is 17.5. The van der Waals surface area contributed by atoms with Gasteiger partial charge in [0, 0.05) is 19.2 Å². The maximum atomic E-state index is 13.3. The normalized spacial score (nSPS) is 18.4. The van der Waals surface area contributed by atoms with Crippen LogP contribution < -0.4 is 5.32 Å². The van der Waals surface area contributed by atoms with Crippen molar-refractivity contribution < 1.29 is 17.0 Å². The van der Waals surface area contributed by atoms with Crippen LogP contribution >= 0.6 is 38.9 Å². The topological polar surface area (TPSA) is 88.3 Å². The van der Waals surface area contributed by atoms with Crippen LogP contribution in [0.4, 0.5) is 10.1 Å². The molecule has 0 spiro atoms. The summed E-state index contributed by atoms with van der Waals surface area (Å²) in [5.41, 5.74) is 0.668. The van der Waals surface area contributed by atoms with E-state index in [9.17, 15) is 4.39 Å². The molecular formula is C14H15BrFIN4O3. The van der Waals surface area contributed by atoms with Crippen LogP contribution in [0.5, 0.6) is 0 Å². The van der Waals surface area contributed by atoms with E-state index in [2.05, 4.69) is 31.4 Å². The van der Waals surface area contributed by atoms with Crippen molar-refractivity contribution in [3.63, 3.8) is 0 Å². The van der Waals surface area contributed by atoms with Crippen LogP contribution in [0.2, 0.25) is 0 Å². The summed E-state index contributed by atoms with van der Waals surface area (Å²) in [5, 5.41) is 14.9. The first-order chi connectivity index (χ1) is 11.5. The van der Waals surface area contributed by atoms with Gasteiger partial charge < -0.3 is 18.0 Å². The van der Waals surface area contributed by atoms with Gasteiger partial charge in [-0.15, -0.1) is 0 Å². The average Bonchev–Trinajstić information content (AvgIpc) is 3.07. The molecule has 1 aliphatic rings. The molecule has 0 aliphatic carbocycles. The summed E-state index contributed by atoms with van der Waals surface area (Å²) in [6.07, 6.45) is 0.507. The number of benzene rings is 1. The Morgan fingerprint density at radius 3 is 2.92 bits per heavy atom. The Balaban J connectivity index is 2.15. The quantitative estimate of drug-likeness (QED) is 0.273. The highest BCUT2D eigenvalue weighted by Crippen LogP contribution is 2.20. The zero-order valence-electron chi connectivity index (χ0n) is 12.7. The first-order valence-electron chi connectivity index (χ1n) is 6.93. The molecule has 0 radical (unpaired) electrons. The van der Waals surface area contributed by atoms with Crippen LogP contribution in [-0.2, 0) is 12.6 Å². The number of ether oxygens (including phenoxy) is 2. The predicted molar refractivity (Wildman–Crippen MR) is 102 cm³/mol. The molecule has 1 aromatic rings. The van der Waals surface area contributed by atoms with E-state index in [0.29, 0.717) is 29.8 Å². The van der Waals surface area contributed by atoms with Crippen molar-refractivity contribution in [2.24, 2.45) is 10.1 Å². The van der Waals surface area contributed by atoms with Crippen LogP contribution in [0, 0.1) is 11.2 Å². The Bertz CT molecular complexity index is 665. The molecule has 10 heteroatoms. The number of rotatable bonds is 5. The molecule has 0 aromatic heterocycles. The smallest absolute Gasteiger partial charge is 0.240 e. The van der Waals surface area contributed by atoms with Gasteiger partial charge in [0.05, 0.1) is 17.7 Å². The minimum Gasteiger partial charge on any atom is -0.470 e. The number of anilines is 1. The maximum Gasteiger partial charge on any atom is 0.240 e. The molecular weight excluding hydrogens is 498 g/mol. The summed E-state index contributed by atoms with van der Waals surface area (Å²) in [6.45, 7) is 1.03. The minimum atomic E-state index is -0.377. The monoisotopic (exact) mass is 512 g/mol. The van der Waals surface area contributed by atoms with Gasteiger partial charge in [0.25, 0.3) is 0 Å². The van der Waals surface area contributed by atoms with E-state index >= 15 is 0 Å². The number of halogens is 3. The highest BCUT2D eigenvalue weighted by molar-refractivity contribution is 14.1. The Hall–Kier alpha value is -1.27. The summed E-state index contributed by atoms with van der Waals surface area (Å²) in [6, 6.07) is 4.41. The highest BCUT2D eigenvalue weighted by Gasteiger charge is 2.24. The van der Waals surface area contributed by atoms with E-state index in [4.69, 9.17) is 18.1 Å². The van der Waals surface area contributed by atoms with E-state index in [0.717, 1.165) is 0 Å².